The Morgan fingerprint density at radius 3 is 1.28 bits per heavy atom. The number of nitrogens with zero attached hydrogens (tertiary/aromatic N) is 4. The Kier molecular flexibility index (Phi) is 16.2. The molecule has 10 aliphatic heterocycles. The van der Waals surface area contributed by atoms with Gasteiger partial charge in [0.1, 0.15) is 11.5 Å². The number of phenols is 2. The number of nitrogens with one attached hydrogen (secondary N) is 1. The first-order valence-corrected chi connectivity index (χ1v) is 40.6. The van der Waals surface area contributed by atoms with E-state index < -0.39 is 68.5 Å². The molecule has 10 fully saturated rings. The molecule has 9 N–H and O–H groups in total. The van der Waals surface area contributed by atoms with Crippen LogP contribution in [0.5, 0.6) is 46.0 Å². The number of Topliss-reactive ketones (excluding diaryl/α,β-unsaturated/α-hetero) is 5. The van der Waals surface area contributed by atoms with Gasteiger partial charge in [-0.3, -0.25) is 24.0 Å². The highest BCUT2D eigenvalue weighted by Crippen LogP contribution is 2.70. The maximum absolute atomic E-state index is 12.7. The molecule has 112 heavy (non-hydrogen) atoms. The Morgan fingerprint density at radius 2 is 0.795 bits per heavy atom. The van der Waals surface area contributed by atoms with Crippen molar-refractivity contribution in [2.45, 2.75) is 252 Å². The minimum absolute atomic E-state index is 0. The fourth-order valence-corrected chi connectivity index (χ4v) is 27.9. The second-order valence-electron chi connectivity index (χ2n) is 36.4. The van der Waals surface area contributed by atoms with Crippen LogP contribution in [0.25, 0.3) is 0 Å². The Hall–Kier alpha value is -7.30. The molecule has 20 aliphatic rings. The highest BCUT2D eigenvalue weighted by molar-refractivity contribution is 5.93. The molecule has 0 unspecified atom stereocenters. The average molecular weight is 1560 g/mol. The maximum atomic E-state index is 12.7. The minimum Gasteiger partial charge on any atom is -0.504 e. The van der Waals surface area contributed by atoms with Gasteiger partial charge in [-0.05, 0) is 209 Å². The summed E-state index contributed by atoms with van der Waals surface area (Å²) in [7, 11) is 10.0. The predicted octanol–water partition coefficient (Wildman–Crippen LogP) is 4.57. The van der Waals surface area contributed by atoms with Gasteiger partial charge in [0.15, 0.2) is 93.9 Å². The number of ketones is 5. The lowest BCUT2D eigenvalue weighted by Crippen LogP contribution is -2.76. The third kappa shape index (κ3) is 8.69. The van der Waals surface area contributed by atoms with Crippen molar-refractivity contribution in [3.05, 3.63) is 127 Å². The number of ether oxygens (including phenoxy) is 6. The van der Waals surface area contributed by atoms with Crippen molar-refractivity contribution in [2.75, 3.05) is 68.0 Å². The Balaban J connectivity index is 0.0000000910. The summed E-state index contributed by atoms with van der Waals surface area (Å²) >= 11 is 0. The van der Waals surface area contributed by atoms with E-state index in [1.165, 1.54) is 11.1 Å². The number of hydrogen-bond donors (Lipinski definition) is 9. The molecule has 10 heterocycles. The van der Waals surface area contributed by atoms with Crippen molar-refractivity contribution in [1.29, 1.82) is 0 Å². The molecule has 10 aliphatic carbocycles. The number of methoxy groups -OCH3 is 1. The van der Waals surface area contributed by atoms with Gasteiger partial charge in [0, 0.05) is 107 Å². The molecule has 24 nitrogen and oxygen atoms in total. The van der Waals surface area contributed by atoms with Crippen molar-refractivity contribution >= 4 is 41.3 Å². The van der Waals surface area contributed by atoms with Gasteiger partial charge in [-0.1, -0.05) is 42.5 Å². The van der Waals surface area contributed by atoms with Gasteiger partial charge in [-0.15, -0.1) is 12.4 Å². The average Bonchev–Trinajstić information content (AvgIpc) is 1.44. The van der Waals surface area contributed by atoms with Crippen molar-refractivity contribution in [2.24, 2.45) is 5.92 Å². The second-order valence-corrected chi connectivity index (χ2v) is 36.4. The summed E-state index contributed by atoms with van der Waals surface area (Å²) in [6.07, 6.45) is 10.1. The summed E-state index contributed by atoms with van der Waals surface area (Å²) in [6.45, 7) is 4.11. The van der Waals surface area contributed by atoms with Crippen LogP contribution in [0.2, 0.25) is 0 Å². The molecule has 0 radical (unpaired) electrons. The number of likely N-dealkylation sites (N-methyl/N-ethyl adjacent to an activating group) is 4. The van der Waals surface area contributed by atoms with E-state index in [1.807, 2.05) is 49.5 Å². The molecule has 0 aromatic heterocycles. The lowest BCUT2D eigenvalue weighted by atomic mass is 9.49. The summed E-state index contributed by atoms with van der Waals surface area (Å²) in [5, 5.41) is 89.8. The fourth-order valence-electron chi connectivity index (χ4n) is 27.9. The zero-order valence-electron chi connectivity index (χ0n) is 64.0. The van der Waals surface area contributed by atoms with Crippen LogP contribution in [0.3, 0.4) is 0 Å². The van der Waals surface area contributed by atoms with Crippen LogP contribution < -0.4 is 33.7 Å². The molecule has 20 atom stereocenters. The SMILES string of the molecule is CN1CC[C@]23c4c5ccc(CO)c4O[C@H]2C(=O)CC[C@@]3(O)[C@H]1C5.CN1CC[C@]23c4c5ccc(O)c4O[C@H]2C(=O)CC[C@@]3(O)[C@H]1C5.CN1CC[C@]23c4c5ccc(O)c4O[C@H]2C(=O)CC[C@H]3[C@H]1C5.COc1ccc2c3c1O[C@H]1C(=O)CC[C@@]4(O)[C@@H](C2)N(C)CC[C@]314.Cl.O=C1CC[C@@]2(O)[C@H]3Cc4ccc(CO)c5c4[C@@]2(CCN3)[C@H]1O5. The number of phenolic OH excluding ortho intramolecular Hbond substituents is 2. The predicted molar refractivity (Wildman–Crippen MR) is 405 cm³/mol. The van der Waals surface area contributed by atoms with Crippen LogP contribution in [0, 0.1) is 5.92 Å². The zero-order valence-corrected chi connectivity index (χ0v) is 64.8. The normalized spacial score (nSPS) is 40.5. The van der Waals surface area contributed by atoms with E-state index in [1.54, 1.807) is 19.2 Å². The van der Waals surface area contributed by atoms with Crippen molar-refractivity contribution < 1.29 is 93.2 Å². The van der Waals surface area contributed by atoms with Gasteiger partial charge < -0.3 is 94.2 Å². The number of carbonyl (C=O) groups excluding carboxylic acids is 5. The molecular weight excluding hydrogens is 1450 g/mol. The highest BCUT2D eigenvalue weighted by atomic mass is 35.5. The van der Waals surface area contributed by atoms with Crippen LogP contribution in [0.15, 0.2) is 60.7 Å². The lowest BCUT2D eigenvalue weighted by molar-refractivity contribution is -0.185. The second kappa shape index (κ2) is 24.6. The highest BCUT2D eigenvalue weighted by Gasteiger charge is 2.78. The molecule has 5 saturated carbocycles. The molecule has 5 aromatic rings. The molecule has 0 amide bonds. The number of halogens is 1. The first-order valence-electron chi connectivity index (χ1n) is 40.6. The third-order valence-corrected chi connectivity index (χ3v) is 32.8. The van der Waals surface area contributed by atoms with Gasteiger partial charge in [0.25, 0.3) is 0 Å². The molecule has 25 rings (SSSR count). The van der Waals surface area contributed by atoms with Gasteiger partial charge >= 0.3 is 0 Å². The summed E-state index contributed by atoms with van der Waals surface area (Å²) in [5.41, 5.74) is 6.00. The monoisotopic (exact) mass is 1550 g/mol. The first-order chi connectivity index (χ1) is 53.3. The molecule has 5 saturated heterocycles. The maximum Gasteiger partial charge on any atom is 0.174 e. The number of piperidine rings is 5. The molecule has 5 aromatic carbocycles. The topological polar surface area (TPSA) is 328 Å². The smallest absolute Gasteiger partial charge is 0.174 e. The van der Waals surface area contributed by atoms with E-state index in [0.717, 1.165) is 146 Å². The van der Waals surface area contributed by atoms with Gasteiger partial charge in [0.05, 0.1) is 64.4 Å². The van der Waals surface area contributed by atoms with Gasteiger partial charge in [-0.2, -0.15) is 0 Å². The van der Waals surface area contributed by atoms with E-state index >= 15 is 0 Å². The molecular formula is C87H100ClN5O19. The van der Waals surface area contributed by atoms with Gasteiger partial charge in [-0.25, -0.2) is 0 Å². The summed E-state index contributed by atoms with van der Waals surface area (Å²) in [5.74, 6) is 5.01. The number of aliphatic hydroxyl groups is 6. The number of benzene rings is 5. The first kappa shape index (κ1) is 73.6. The van der Waals surface area contributed by atoms with Crippen molar-refractivity contribution in [3.63, 3.8) is 0 Å². The number of likely N-dealkylation sites (tertiary alicyclic amines) is 4. The summed E-state index contributed by atoms with van der Waals surface area (Å²) < 4.78 is 35.8. The fraction of sp³-hybridized carbons (Fsp3) is 0.598. The molecule has 5 spiro atoms. The zero-order chi connectivity index (χ0) is 76.7. The standard InChI is InChI=1S/2C18H21NO4.2C17H19NO4.C17H19NO3.ClH/c1-19-8-7-17-14-10-3-4-12(22-2)15(14)23-16(17)11(20)5-6-18(17,21)13(19)9-10;1-19-7-6-17-14-10-2-3-11(9-20)15(14)23-16(17)12(21)4-5-18(17,22)13(19)8-10;1-18-7-6-16-13-9-2-3-10(19)14(13)22-15(16)11(20)4-5-17(16,21)12(18)8-9;19-8-10-2-1-9-7-12-17(21)4-3-11(20)15-16(17,5-6-18-12)13(9)14(10)22-15;1-18-7-6-17-10-3-5-13(20)16(17)21-15-12(19)4-2-9(14(15)17)8-11(10)18;/h3-4,13,16,21H,5-9H2,1-2H3;2-3,13,16,20,22H,4-9H2,1H3;2-3,12,15,19,21H,4-8H2,1H3;1-2,12,15,18-19,21H,3-8H2;2,4,10-11,16,19H,3,5-8H2,1H3;1H/t2*13-,16+,17+,18-;2*12-,15+,16+,17-;10-,11+,16-,17-;/m11110./s1. The van der Waals surface area contributed by atoms with E-state index in [0.29, 0.717) is 117 Å². The van der Waals surface area contributed by atoms with Crippen LogP contribution in [0.1, 0.15) is 163 Å². The molecule has 25 heteroatoms. The van der Waals surface area contributed by atoms with Crippen LogP contribution in [-0.2, 0) is 96.4 Å². The Bertz CT molecular complexity index is 4840. The Labute approximate surface area is 655 Å². The molecule has 10 bridgehead atoms. The number of carbonyl (C=O) groups is 5. The van der Waals surface area contributed by atoms with E-state index in [-0.39, 0.29) is 102 Å². The van der Waals surface area contributed by atoms with Crippen molar-refractivity contribution in [3.8, 4) is 46.0 Å². The summed E-state index contributed by atoms with van der Waals surface area (Å²) in [4.78, 5) is 72.0. The van der Waals surface area contributed by atoms with E-state index in [4.69, 9.17) is 28.4 Å². The van der Waals surface area contributed by atoms with Crippen LogP contribution in [-0.4, -0.2) is 241 Å². The largest absolute Gasteiger partial charge is 0.504 e. The minimum atomic E-state index is -0.954. The van der Waals surface area contributed by atoms with Crippen LogP contribution in [0.4, 0.5) is 0 Å². The lowest BCUT2D eigenvalue weighted by Gasteiger charge is -2.62. The quantitative estimate of drug-likeness (QED) is 0.119. The number of aliphatic hydroxyl groups excluding tert-OH is 2. The number of aromatic hydroxyl groups is 2. The van der Waals surface area contributed by atoms with E-state index in [2.05, 4.69) is 52.1 Å². The number of rotatable bonds is 3. The molecule has 594 valence electrons. The Morgan fingerprint density at radius 1 is 0.420 bits per heavy atom. The third-order valence-electron chi connectivity index (χ3n) is 32.8. The van der Waals surface area contributed by atoms with E-state index in [9.17, 15) is 64.8 Å². The number of hydrogen-bond acceptors (Lipinski definition) is 24. The van der Waals surface area contributed by atoms with Crippen molar-refractivity contribution in [1.82, 2.24) is 24.9 Å². The summed E-state index contributed by atoms with van der Waals surface area (Å²) in [6, 6.07) is 19.7. The van der Waals surface area contributed by atoms with Gasteiger partial charge in [0.2, 0.25) is 0 Å². The van der Waals surface area contributed by atoms with Crippen LogP contribution >= 0.6 is 12.4 Å².